The molecular weight excluding hydrogens is 351 g/mol. The molecule has 136 valence electrons. The first-order valence-electron chi connectivity index (χ1n) is 9.26. The number of carbonyl (C=O) groups is 1. The number of anilines is 1. The number of rotatable bonds is 2. The molecule has 1 aliphatic heterocycles. The second-order valence-corrected chi connectivity index (χ2v) is 6.90. The number of fused-ring (bicyclic) bond motifs is 3. The van der Waals surface area contributed by atoms with Crippen molar-refractivity contribution in [3.8, 4) is 11.1 Å². The Kier molecular flexibility index (Phi) is 3.90. The number of hydrogen-bond donors (Lipinski definition) is 0. The molecule has 1 aromatic heterocycles. The minimum atomic E-state index is -0.264. The molecule has 3 nitrogen and oxygen atoms in total. The van der Waals surface area contributed by atoms with E-state index in [1.165, 1.54) is 12.1 Å². The first kappa shape index (κ1) is 16.6. The number of benzene rings is 3. The first-order valence-corrected chi connectivity index (χ1v) is 9.26. The summed E-state index contributed by atoms with van der Waals surface area (Å²) < 4.78 is 13.4. The van der Waals surface area contributed by atoms with Crippen LogP contribution in [0.5, 0.6) is 0 Å². The minimum absolute atomic E-state index is 0.0132. The Labute approximate surface area is 162 Å². The molecule has 0 saturated carbocycles. The molecule has 0 aliphatic carbocycles. The Morgan fingerprint density at radius 2 is 1.75 bits per heavy atom. The lowest BCUT2D eigenvalue weighted by Gasteiger charge is -2.20. The standard InChI is InChI=1S/C24H17FN2O/c25-18-10-8-16(9-11-18)21-15-22-20(7-4-13-26-22)23-19(21)12-14-27(23)24(28)17-5-2-1-3-6-17/h1-11,13,15H,12,14H2. The number of halogens is 1. The molecule has 28 heavy (non-hydrogen) atoms. The first-order chi connectivity index (χ1) is 13.7. The molecule has 0 unspecified atom stereocenters. The summed E-state index contributed by atoms with van der Waals surface area (Å²) in [4.78, 5) is 19.6. The summed E-state index contributed by atoms with van der Waals surface area (Å²) in [6.45, 7) is 0.616. The fourth-order valence-electron chi connectivity index (χ4n) is 3.97. The normalized spacial score (nSPS) is 13.0. The zero-order chi connectivity index (χ0) is 19.1. The van der Waals surface area contributed by atoms with Crippen molar-refractivity contribution in [2.24, 2.45) is 0 Å². The van der Waals surface area contributed by atoms with E-state index in [-0.39, 0.29) is 11.7 Å². The quantitative estimate of drug-likeness (QED) is 0.484. The van der Waals surface area contributed by atoms with Crippen LogP contribution >= 0.6 is 0 Å². The largest absolute Gasteiger partial charge is 0.307 e. The monoisotopic (exact) mass is 368 g/mol. The van der Waals surface area contributed by atoms with Gasteiger partial charge < -0.3 is 4.90 Å². The van der Waals surface area contributed by atoms with Gasteiger partial charge in [-0.3, -0.25) is 9.78 Å². The number of amides is 1. The molecule has 0 radical (unpaired) electrons. The molecular formula is C24H17FN2O. The van der Waals surface area contributed by atoms with E-state index in [2.05, 4.69) is 4.98 Å². The van der Waals surface area contributed by atoms with E-state index < -0.39 is 0 Å². The molecule has 4 heteroatoms. The molecule has 2 heterocycles. The number of nitrogens with zero attached hydrogens (tertiary/aromatic N) is 2. The summed E-state index contributed by atoms with van der Waals surface area (Å²) >= 11 is 0. The summed E-state index contributed by atoms with van der Waals surface area (Å²) in [7, 11) is 0. The van der Waals surface area contributed by atoms with Crippen molar-refractivity contribution in [1.82, 2.24) is 4.98 Å². The maximum atomic E-state index is 13.4. The third-order valence-corrected chi connectivity index (χ3v) is 5.26. The second-order valence-electron chi connectivity index (χ2n) is 6.90. The summed E-state index contributed by atoms with van der Waals surface area (Å²) in [5, 5.41) is 0.963. The lowest BCUT2D eigenvalue weighted by Crippen LogP contribution is -2.29. The Hall–Kier alpha value is -3.53. The second kappa shape index (κ2) is 6.57. The van der Waals surface area contributed by atoms with Crippen molar-refractivity contribution >= 4 is 22.5 Å². The average molecular weight is 368 g/mol. The topological polar surface area (TPSA) is 33.2 Å². The smallest absolute Gasteiger partial charge is 0.258 e. The van der Waals surface area contributed by atoms with Gasteiger partial charge in [-0.15, -0.1) is 0 Å². The van der Waals surface area contributed by atoms with E-state index >= 15 is 0 Å². The Morgan fingerprint density at radius 3 is 2.54 bits per heavy atom. The van der Waals surface area contributed by atoms with Crippen molar-refractivity contribution in [1.29, 1.82) is 0 Å². The molecule has 0 bridgehead atoms. The number of aromatic nitrogens is 1. The van der Waals surface area contributed by atoms with Gasteiger partial charge >= 0.3 is 0 Å². The van der Waals surface area contributed by atoms with Gasteiger partial charge in [-0.25, -0.2) is 4.39 Å². The average Bonchev–Trinajstić information content (AvgIpc) is 3.19. The number of hydrogen-bond acceptors (Lipinski definition) is 2. The molecule has 1 aliphatic rings. The lowest BCUT2D eigenvalue weighted by atomic mass is 9.95. The van der Waals surface area contributed by atoms with Gasteiger partial charge in [0, 0.05) is 23.7 Å². The molecule has 3 aromatic carbocycles. The van der Waals surface area contributed by atoms with Gasteiger partial charge in [0.25, 0.3) is 5.91 Å². The van der Waals surface area contributed by atoms with E-state index in [0.29, 0.717) is 12.1 Å². The SMILES string of the molecule is O=C(c1ccccc1)N1CCc2c(-c3ccc(F)cc3)cc3ncccc3c21. The number of carbonyl (C=O) groups excluding carboxylic acids is 1. The minimum Gasteiger partial charge on any atom is -0.307 e. The highest BCUT2D eigenvalue weighted by Crippen LogP contribution is 2.42. The van der Waals surface area contributed by atoms with Crippen molar-refractivity contribution in [3.05, 3.63) is 95.9 Å². The molecule has 0 atom stereocenters. The van der Waals surface area contributed by atoms with E-state index in [9.17, 15) is 9.18 Å². The summed E-state index contributed by atoms with van der Waals surface area (Å²) in [5.74, 6) is -0.277. The molecule has 0 saturated heterocycles. The zero-order valence-corrected chi connectivity index (χ0v) is 15.1. The third-order valence-electron chi connectivity index (χ3n) is 5.26. The maximum Gasteiger partial charge on any atom is 0.258 e. The van der Waals surface area contributed by atoms with Gasteiger partial charge in [0.2, 0.25) is 0 Å². The van der Waals surface area contributed by atoms with Crippen molar-refractivity contribution in [3.63, 3.8) is 0 Å². The molecule has 4 aromatic rings. The van der Waals surface area contributed by atoms with Gasteiger partial charge in [-0.2, -0.15) is 0 Å². The zero-order valence-electron chi connectivity index (χ0n) is 15.1. The fraction of sp³-hybridized carbons (Fsp3) is 0.0833. The lowest BCUT2D eigenvalue weighted by molar-refractivity contribution is 0.0989. The Balaban J connectivity index is 1.72. The molecule has 5 rings (SSSR count). The van der Waals surface area contributed by atoms with E-state index in [1.54, 1.807) is 18.3 Å². The van der Waals surface area contributed by atoms with Crippen LogP contribution in [0.15, 0.2) is 79.0 Å². The van der Waals surface area contributed by atoms with Crippen molar-refractivity contribution < 1.29 is 9.18 Å². The van der Waals surface area contributed by atoms with Crippen LogP contribution in [0.4, 0.5) is 10.1 Å². The van der Waals surface area contributed by atoms with Crippen LogP contribution in [0.1, 0.15) is 15.9 Å². The van der Waals surface area contributed by atoms with Crippen LogP contribution < -0.4 is 4.90 Å². The molecule has 0 N–H and O–H groups in total. The van der Waals surface area contributed by atoms with Crippen LogP contribution in [-0.2, 0) is 6.42 Å². The predicted octanol–water partition coefficient (Wildman–Crippen LogP) is 5.24. The summed E-state index contributed by atoms with van der Waals surface area (Å²) in [5.41, 5.74) is 5.45. The molecule has 1 amide bonds. The highest BCUT2D eigenvalue weighted by Gasteiger charge is 2.30. The molecule has 0 spiro atoms. The van der Waals surface area contributed by atoms with Crippen LogP contribution in [0.3, 0.4) is 0 Å². The highest BCUT2D eigenvalue weighted by atomic mass is 19.1. The summed E-state index contributed by atoms with van der Waals surface area (Å²) in [6, 6.07) is 21.8. The van der Waals surface area contributed by atoms with E-state index in [1.807, 2.05) is 53.4 Å². The molecule has 0 fully saturated rings. The van der Waals surface area contributed by atoms with Gasteiger partial charge in [0.15, 0.2) is 0 Å². The number of pyridine rings is 1. The van der Waals surface area contributed by atoms with E-state index in [0.717, 1.165) is 39.7 Å². The van der Waals surface area contributed by atoms with Gasteiger partial charge in [0.1, 0.15) is 5.82 Å². The Bertz CT molecular complexity index is 1190. The fourth-order valence-corrected chi connectivity index (χ4v) is 3.97. The third kappa shape index (κ3) is 2.65. The maximum absolute atomic E-state index is 13.4. The van der Waals surface area contributed by atoms with Crippen LogP contribution in [0, 0.1) is 5.82 Å². The van der Waals surface area contributed by atoms with E-state index in [4.69, 9.17) is 0 Å². The van der Waals surface area contributed by atoms with Gasteiger partial charge in [-0.1, -0.05) is 30.3 Å². The van der Waals surface area contributed by atoms with Gasteiger partial charge in [0.05, 0.1) is 11.2 Å². The Morgan fingerprint density at radius 1 is 0.964 bits per heavy atom. The van der Waals surface area contributed by atoms with Crippen molar-refractivity contribution in [2.75, 3.05) is 11.4 Å². The van der Waals surface area contributed by atoms with Gasteiger partial charge in [-0.05, 0) is 65.6 Å². The van der Waals surface area contributed by atoms with Crippen LogP contribution in [0.25, 0.3) is 22.0 Å². The van der Waals surface area contributed by atoms with Crippen LogP contribution in [-0.4, -0.2) is 17.4 Å². The predicted molar refractivity (Wildman–Crippen MR) is 109 cm³/mol. The summed E-state index contributed by atoms with van der Waals surface area (Å²) in [6.07, 6.45) is 2.51. The van der Waals surface area contributed by atoms with Crippen LogP contribution in [0.2, 0.25) is 0 Å². The highest BCUT2D eigenvalue weighted by molar-refractivity contribution is 6.13. The van der Waals surface area contributed by atoms with Crippen molar-refractivity contribution in [2.45, 2.75) is 6.42 Å².